The van der Waals surface area contributed by atoms with Gasteiger partial charge in [-0.05, 0) is 6.07 Å². The lowest BCUT2D eigenvalue weighted by Crippen LogP contribution is -2.17. The summed E-state index contributed by atoms with van der Waals surface area (Å²) in [5.41, 5.74) is 3.51. The molecule has 0 aliphatic carbocycles. The molecule has 2 heterocycles. The van der Waals surface area contributed by atoms with Gasteiger partial charge in [-0.1, -0.05) is 12.1 Å². The van der Waals surface area contributed by atoms with E-state index in [1.807, 2.05) is 0 Å². The quantitative estimate of drug-likeness (QED) is 0.491. The van der Waals surface area contributed by atoms with Crippen molar-refractivity contribution >= 4 is 32.8 Å². The van der Waals surface area contributed by atoms with Gasteiger partial charge in [0.05, 0.1) is 4.92 Å². The van der Waals surface area contributed by atoms with Gasteiger partial charge in [0.15, 0.2) is 16.1 Å². The number of benzene rings is 1. The van der Waals surface area contributed by atoms with Crippen molar-refractivity contribution < 1.29 is 13.3 Å². The van der Waals surface area contributed by atoms with Crippen LogP contribution in [-0.2, 0) is 10.0 Å². The summed E-state index contributed by atoms with van der Waals surface area (Å²) < 4.78 is 25.9. The van der Waals surface area contributed by atoms with Crippen molar-refractivity contribution in [3.05, 3.63) is 51.1 Å². The maximum atomic E-state index is 12.7. The summed E-state index contributed by atoms with van der Waals surface area (Å²) in [5, 5.41) is 11.0. The smallest absolute Gasteiger partial charge is 0.289 e. The van der Waals surface area contributed by atoms with Crippen LogP contribution in [0.15, 0.2) is 40.3 Å². The normalized spacial score (nSPS) is 11.7. The number of nitrogens with one attached hydrogen (secondary N) is 1. The van der Waals surface area contributed by atoms with E-state index in [2.05, 4.69) is 15.0 Å². The second kappa shape index (κ2) is 4.88. The molecule has 0 spiro atoms. The molecule has 118 valence electrons. The SMILES string of the molecule is Nc1nc2c(ncn2S(=O)(=O)c2ccccc2[N+](=O)[O-])c(=O)[nH]1. The van der Waals surface area contributed by atoms with Crippen LogP contribution in [0.1, 0.15) is 0 Å². The van der Waals surface area contributed by atoms with Gasteiger partial charge in [-0.2, -0.15) is 4.98 Å². The second-order valence-electron chi connectivity index (χ2n) is 4.39. The van der Waals surface area contributed by atoms with Crippen molar-refractivity contribution in [1.82, 2.24) is 18.9 Å². The Morgan fingerprint density at radius 2 is 2.00 bits per heavy atom. The Morgan fingerprint density at radius 1 is 1.30 bits per heavy atom. The highest BCUT2D eigenvalue weighted by atomic mass is 32.2. The average Bonchev–Trinajstić information content (AvgIpc) is 2.92. The van der Waals surface area contributed by atoms with Crippen LogP contribution in [-0.4, -0.2) is 32.3 Å². The molecule has 0 unspecified atom stereocenters. The van der Waals surface area contributed by atoms with Crippen molar-refractivity contribution in [2.24, 2.45) is 0 Å². The predicted molar refractivity (Wildman–Crippen MR) is 78.2 cm³/mol. The van der Waals surface area contributed by atoms with Crippen LogP contribution in [0.4, 0.5) is 11.6 Å². The first-order valence-corrected chi connectivity index (χ1v) is 7.48. The molecule has 0 saturated heterocycles. The summed E-state index contributed by atoms with van der Waals surface area (Å²) in [5.74, 6) is -0.304. The molecule has 2 aromatic heterocycles. The molecule has 0 atom stereocenters. The van der Waals surface area contributed by atoms with E-state index in [4.69, 9.17) is 5.73 Å². The van der Waals surface area contributed by atoms with Gasteiger partial charge < -0.3 is 5.73 Å². The first kappa shape index (κ1) is 14.6. The lowest BCUT2D eigenvalue weighted by molar-refractivity contribution is -0.387. The zero-order valence-electron chi connectivity index (χ0n) is 11.2. The Morgan fingerprint density at radius 3 is 2.70 bits per heavy atom. The number of nitrogens with zero attached hydrogens (tertiary/aromatic N) is 4. The van der Waals surface area contributed by atoms with Crippen LogP contribution in [0.25, 0.3) is 11.2 Å². The number of aromatic nitrogens is 4. The molecule has 12 heteroatoms. The van der Waals surface area contributed by atoms with E-state index in [1.165, 1.54) is 12.1 Å². The Bertz CT molecular complexity index is 1100. The van der Waals surface area contributed by atoms with Crippen molar-refractivity contribution in [3.63, 3.8) is 0 Å². The van der Waals surface area contributed by atoms with Gasteiger partial charge in [0.2, 0.25) is 5.95 Å². The number of rotatable bonds is 3. The van der Waals surface area contributed by atoms with Gasteiger partial charge in [0.1, 0.15) is 6.33 Å². The van der Waals surface area contributed by atoms with E-state index >= 15 is 0 Å². The van der Waals surface area contributed by atoms with Crippen LogP contribution in [0.2, 0.25) is 0 Å². The van der Waals surface area contributed by atoms with Crippen LogP contribution in [0.3, 0.4) is 0 Å². The fourth-order valence-electron chi connectivity index (χ4n) is 2.01. The van der Waals surface area contributed by atoms with Crippen LogP contribution in [0.5, 0.6) is 0 Å². The van der Waals surface area contributed by atoms with Gasteiger partial charge in [-0.3, -0.25) is 19.9 Å². The van der Waals surface area contributed by atoms with Crippen LogP contribution < -0.4 is 11.3 Å². The Hall–Kier alpha value is -3.28. The van der Waals surface area contributed by atoms with Crippen molar-refractivity contribution in [2.45, 2.75) is 4.90 Å². The van der Waals surface area contributed by atoms with E-state index in [9.17, 15) is 23.3 Å². The topological polar surface area (TPSA) is 167 Å². The molecule has 3 N–H and O–H groups in total. The number of nitro benzene ring substituents is 1. The number of fused-ring (bicyclic) bond motifs is 1. The highest BCUT2D eigenvalue weighted by Crippen LogP contribution is 2.26. The third kappa shape index (κ3) is 2.20. The van der Waals surface area contributed by atoms with E-state index < -0.39 is 31.1 Å². The monoisotopic (exact) mass is 336 g/mol. The molecule has 3 rings (SSSR count). The molecule has 11 nitrogen and oxygen atoms in total. The Kier molecular flexibility index (Phi) is 3.11. The Labute approximate surface area is 127 Å². The molecule has 3 aromatic rings. The number of nitrogen functional groups attached to an aromatic ring is 1. The highest BCUT2D eigenvalue weighted by molar-refractivity contribution is 7.90. The van der Waals surface area contributed by atoms with E-state index in [-0.39, 0.29) is 17.1 Å². The molecular formula is C11H8N6O5S. The molecule has 1 aromatic carbocycles. The minimum atomic E-state index is -4.39. The van der Waals surface area contributed by atoms with Crippen molar-refractivity contribution in [2.75, 3.05) is 5.73 Å². The van der Waals surface area contributed by atoms with Gasteiger partial charge in [0.25, 0.3) is 21.3 Å². The number of anilines is 1. The molecule has 0 radical (unpaired) electrons. The molecule has 0 saturated carbocycles. The number of para-hydroxylation sites is 1. The van der Waals surface area contributed by atoms with Crippen LogP contribution in [0, 0.1) is 10.1 Å². The third-order valence-corrected chi connectivity index (χ3v) is 4.68. The van der Waals surface area contributed by atoms with E-state index in [1.54, 1.807) is 0 Å². The number of nitro groups is 1. The number of hydrogen-bond donors (Lipinski definition) is 2. The molecular weight excluding hydrogens is 328 g/mol. The number of hydrogen-bond acceptors (Lipinski definition) is 8. The maximum absolute atomic E-state index is 12.7. The van der Waals surface area contributed by atoms with Crippen molar-refractivity contribution in [1.29, 1.82) is 0 Å². The van der Waals surface area contributed by atoms with Gasteiger partial charge in [0, 0.05) is 6.07 Å². The van der Waals surface area contributed by atoms with E-state index in [0.29, 0.717) is 3.97 Å². The minimum Gasteiger partial charge on any atom is -0.369 e. The molecule has 0 aliphatic rings. The summed E-state index contributed by atoms with van der Waals surface area (Å²) in [6, 6.07) is 4.81. The van der Waals surface area contributed by atoms with Crippen LogP contribution >= 0.6 is 0 Å². The fraction of sp³-hybridized carbons (Fsp3) is 0. The molecule has 23 heavy (non-hydrogen) atoms. The lowest BCUT2D eigenvalue weighted by atomic mass is 10.3. The fourth-order valence-corrected chi connectivity index (χ4v) is 3.41. The number of H-pyrrole nitrogens is 1. The molecule has 0 amide bonds. The first-order chi connectivity index (χ1) is 10.8. The van der Waals surface area contributed by atoms with Crippen molar-refractivity contribution in [3.8, 4) is 0 Å². The third-order valence-electron chi connectivity index (χ3n) is 2.99. The van der Waals surface area contributed by atoms with Gasteiger partial charge >= 0.3 is 0 Å². The number of aromatic amines is 1. The Balaban J connectivity index is 2.35. The van der Waals surface area contributed by atoms with Gasteiger partial charge in [-0.25, -0.2) is 17.4 Å². The zero-order chi connectivity index (χ0) is 16.8. The largest absolute Gasteiger partial charge is 0.369 e. The summed E-state index contributed by atoms with van der Waals surface area (Å²) in [7, 11) is -4.39. The first-order valence-electron chi connectivity index (χ1n) is 6.04. The second-order valence-corrected chi connectivity index (χ2v) is 6.18. The van der Waals surface area contributed by atoms with E-state index in [0.717, 1.165) is 18.5 Å². The maximum Gasteiger partial charge on any atom is 0.289 e. The summed E-state index contributed by atoms with van der Waals surface area (Å²) in [6.07, 6.45) is 0.846. The zero-order valence-corrected chi connectivity index (χ0v) is 12.0. The number of nitrogens with two attached hydrogens (primary N) is 1. The summed E-state index contributed by atoms with van der Waals surface area (Å²) in [4.78, 5) is 31.0. The highest BCUT2D eigenvalue weighted by Gasteiger charge is 2.29. The minimum absolute atomic E-state index is 0.249. The predicted octanol–water partition coefficient (Wildman–Crippen LogP) is -0.153. The summed E-state index contributed by atoms with van der Waals surface area (Å²) >= 11 is 0. The average molecular weight is 336 g/mol. The summed E-state index contributed by atoms with van der Waals surface area (Å²) in [6.45, 7) is 0. The number of imidazole rings is 1. The lowest BCUT2D eigenvalue weighted by Gasteiger charge is -2.06. The molecule has 0 aliphatic heterocycles. The standard InChI is InChI=1S/C11H8N6O5S/c12-11-14-9-8(10(18)15-11)13-5-16(9)23(21,22)7-4-2-1-3-6(7)17(19)20/h1-5H,(H3,12,14,15,18). The molecule has 0 fully saturated rings. The van der Waals surface area contributed by atoms with Gasteiger partial charge in [-0.15, -0.1) is 0 Å². The molecule has 0 bridgehead atoms.